The molecule has 1 amide bonds. The number of methoxy groups -OCH3 is 1. The fourth-order valence-corrected chi connectivity index (χ4v) is 3.76. The maximum Gasteiger partial charge on any atom is 0.336 e. The van der Waals surface area contributed by atoms with E-state index in [2.05, 4.69) is 5.32 Å². The van der Waals surface area contributed by atoms with Crippen LogP contribution in [0.15, 0.2) is 52.1 Å². The fourth-order valence-electron chi connectivity index (χ4n) is 3.59. The molecular formula is C22H22ClN3O4. The maximum atomic E-state index is 13.6. The lowest BCUT2D eigenvalue weighted by atomic mass is 10.1. The Labute approximate surface area is 177 Å². The number of aromatic nitrogens is 2. The summed E-state index contributed by atoms with van der Waals surface area (Å²) in [6.07, 6.45) is 2.26. The molecule has 1 unspecified atom stereocenters. The van der Waals surface area contributed by atoms with Gasteiger partial charge in [-0.05, 0) is 49.6 Å². The standard InChI is InChI=1S/C22H22ClN3O4/c1-3-18(20(27)24-14-8-9-14)26-19-11-13(23)7-10-17(19)21(28)25(22(26)29)15-5-4-6-16(12-15)30-2/h4-7,10-12,14,18H,3,8-9H2,1-2H3,(H,24,27). The van der Waals surface area contributed by atoms with Crippen molar-refractivity contribution in [3.05, 3.63) is 68.3 Å². The number of benzene rings is 2. The Hall–Kier alpha value is -3.06. The third-order valence-corrected chi connectivity index (χ3v) is 5.52. The lowest BCUT2D eigenvalue weighted by Gasteiger charge is -2.22. The first kappa shape index (κ1) is 20.2. The molecule has 0 saturated heterocycles. The van der Waals surface area contributed by atoms with Crippen molar-refractivity contribution >= 4 is 28.4 Å². The van der Waals surface area contributed by atoms with Gasteiger partial charge >= 0.3 is 5.69 Å². The highest BCUT2D eigenvalue weighted by Gasteiger charge is 2.30. The summed E-state index contributed by atoms with van der Waals surface area (Å²) in [5.41, 5.74) is -0.365. The van der Waals surface area contributed by atoms with Crippen molar-refractivity contribution in [2.24, 2.45) is 0 Å². The molecule has 2 aromatic carbocycles. The van der Waals surface area contributed by atoms with Crippen molar-refractivity contribution in [1.29, 1.82) is 0 Å². The van der Waals surface area contributed by atoms with Gasteiger partial charge in [0.15, 0.2) is 0 Å². The second kappa shape index (κ2) is 7.99. The van der Waals surface area contributed by atoms with Gasteiger partial charge in [-0.15, -0.1) is 0 Å². The molecule has 8 heteroatoms. The Morgan fingerprint density at radius 1 is 1.23 bits per heavy atom. The van der Waals surface area contributed by atoms with Crippen LogP contribution in [0.4, 0.5) is 0 Å². The van der Waals surface area contributed by atoms with E-state index in [1.165, 1.54) is 11.7 Å². The third-order valence-electron chi connectivity index (χ3n) is 5.29. The van der Waals surface area contributed by atoms with E-state index in [-0.39, 0.29) is 11.9 Å². The van der Waals surface area contributed by atoms with Crippen LogP contribution in [0.2, 0.25) is 5.02 Å². The number of rotatable bonds is 6. The molecule has 3 aromatic rings. The average Bonchev–Trinajstić information content (AvgIpc) is 3.55. The van der Waals surface area contributed by atoms with Crippen LogP contribution >= 0.6 is 11.6 Å². The first-order valence-corrected chi connectivity index (χ1v) is 10.2. The van der Waals surface area contributed by atoms with Gasteiger partial charge in [-0.3, -0.25) is 14.2 Å². The number of halogens is 1. The normalized spacial score (nSPS) is 14.5. The average molecular weight is 428 g/mol. The summed E-state index contributed by atoms with van der Waals surface area (Å²) in [7, 11) is 1.51. The van der Waals surface area contributed by atoms with Gasteiger partial charge in [0.1, 0.15) is 11.8 Å². The summed E-state index contributed by atoms with van der Waals surface area (Å²) in [6.45, 7) is 1.83. The van der Waals surface area contributed by atoms with Crippen LogP contribution < -0.4 is 21.3 Å². The monoisotopic (exact) mass is 427 g/mol. The van der Waals surface area contributed by atoms with Crippen LogP contribution in [0.5, 0.6) is 5.75 Å². The van der Waals surface area contributed by atoms with Crippen molar-refractivity contribution < 1.29 is 9.53 Å². The van der Waals surface area contributed by atoms with Crippen molar-refractivity contribution in [1.82, 2.24) is 14.5 Å². The molecule has 0 aliphatic heterocycles. The summed E-state index contributed by atoms with van der Waals surface area (Å²) < 4.78 is 7.69. The first-order valence-electron chi connectivity index (χ1n) is 9.86. The van der Waals surface area contributed by atoms with Gasteiger partial charge in [-0.25, -0.2) is 9.36 Å². The number of carbonyl (C=O) groups is 1. The topological polar surface area (TPSA) is 82.3 Å². The number of carbonyl (C=O) groups excluding carboxylic acids is 1. The number of ether oxygens (including phenoxy) is 1. The van der Waals surface area contributed by atoms with Gasteiger partial charge in [-0.1, -0.05) is 24.6 Å². The van der Waals surface area contributed by atoms with E-state index in [1.54, 1.807) is 42.5 Å². The number of hydrogen-bond donors (Lipinski definition) is 1. The van der Waals surface area contributed by atoms with Crippen LogP contribution in [0.1, 0.15) is 32.2 Å². The summed E-state index contributed by atoms with van der Waals surface area (Å²) in [4.78, 5) is 39.8. The molecule has 1 fully saturated rings. The quantitative estimate of drug-likeness (QED) is 0.655. The van der Waals surface area contributed by atoms with Crippen molar-refractivity contribution in [3.63, 3.8) is 0 Å². The van der Waals surface area contributed by atoms with Gasteiger partial charge in [-0.2, -0.15) is 0 Å². The van der Waals surface area contributed by atoms with E-state index in [0.717, 1.165) is 17.4 Å². The minimum Gasteiger partial charge on any atom is -0.497 e. The van der Waals surface area contributed by atoms with Crippen molar-refractivity contribution in [2.45, 2.75) is 38.3 Å². The molecule has 1 aliphatic rings. The van der Waals surface area contributed by atoms with Gasteiger partial charge in [0.2, 0.25) is 5.91 Å². The summed E-state index contributed by atoms with van der Waals surface area (Å²) >= 11 is 6.17. The number of fused-ring (bicyclic) bond motifs is 1. The van der Waals surface area contributed by atoms with E-state index in [9.17, 15) is 14.4 Å². The molecule has 1 saturated carbocycles. The predicted molar refractivity (Wildman–Crippen MR) is 116 cm³/mol. The van der Waals surface area contributed by atoms with Crippen LogP contribution in [0.3, 0.4) is 0 Å². The van der Waals surface area contributed by atoms with E-state index in [4.69, 9.17) is 16.3 Å². The number of nitrogens with zero attached hydrogens (tertiary/aromatic N) is 2. The van der Waals surface area contributed by atoms with Crippen LogP contribution in [-0.2, 0) is 4.79 Å². The molecule has 7 nitrogen and oxygen atoms in total. The minimum absolute atomic E-state index is 0.154. The summed E-state index contributed by atoms with van der Waals surface area (Å²) in [5.74, 6) is 0.277. The van der Waals surface area contributed by atoms with E-state index in [1.807, 2.05) is 6.92 Å². The first-order chi connectivity index (χ1) is 14.4. The zero-order valence-electron chi connectivity index (χ0n) is 16.7. The van der Waals surface area contributed by atoms with Crippen molar-refractivity contribution in [3.8, 4) is 11.4 Å². The maximum absolute atomic E-state index is 13.6. The molecule has 0 bridgehead atoms. The van der Waals surface area contributed by atoms with Crippen molar-refractivity contribution in [2.75, 3.05) is 7.11 Å². The molecule has 0 radical (unpaired) electrons. The van der Waals surface area contributed by atoms with Gasteiger partial charge in [0, 0.05) is 17.1 Å². The smallest absolute Gasteiger partial charge is 0.336 e. The SMILES string of the molecule is CCC(C(=O)NC1CC1)n1c(=O)n(-c2cccc(OC)c2)c(=O)c2ccc(Cl)cc21. The Kier molecular flexibility index (Phi) is 5.39. The summed E-state index contributed by atoms with van der Waals surface area (Å²) in [5, 5.41) is 3.65. The van der Waals surface area contributed by atoms with Crippen LogP contribution in [0.25, 0.3) is 16.6 Å². The molecule has 1 N–H and O–H groups in total. The molecule has 1 heterocycles. The fraction of sp³-hybridized carbons (Fsp3) is 0.318. The van der Waals surface area contributed by atoms with E-state index in [0.29, 0.717) is 33.8 Å². The zero-order chi connectivity index (χ0) is 21.4. The van der Waals surface area contributed by atoms with Crippen LogP contribution in [0, 0.1) is 0 Å². The minimum atomic E-state index is -0.767. The Bertz CT molecular complexity index is 1240. The highest BCUT2D eigenvalue weighted by molar-refractivity contribution is 6.31. The highest BCUT2D eigenvalue weighted by Crippen LogP contribution is 2.24. The summed E-state index contributed by atoms with van der Waals surface area (Å²) in [6, 6.07) is 10.8. The Morgan fingerprint density at radius 3 is 2.67 bits per heavy atom. The largest absolute Gasteiger partial charge is 0.497 e. The lowest BCUT2D eigenvalue weighted by Crippen LogP contribution is -2.44. The predicted octanol–water partition coefficient (Wildman–Crippen LogP) is 3.04. The molecule has 30 heavy (non-hydrogen) atoms. The van der Waals surface area contributed by atoms with E-state index >= 15 is 0 Å². The molecule has 0 spiro atoms. The second-order valence-electron chi connectivity index (χ2n) is 7.36. The van der Waals surface area contributed by atoms with Gasteiger partial charge < -0.3 is 10.1 Å². The molecule has 1 atom stereocenters. The second-order valence-corrected chi connectivity index (χ2v) is 7.80. The van der Waals surface area contributed by atoms with Gasteiger partial charge in [0.05, 0.1) is 23.7 Å². The molecule has 156 valence electrons. The number of hydrogen-bond acceptors (Lipinski definition) is 4. The molecular weight excluding hydrogens is 406 g/mol. The Morgan fingerprint density at radius 2 is 2.00 bits per heavy atom. The number of nitrogens with one attached hydrogen (secondary N) is 1. The Balaban J connectivity index is 2.02. The number of amides is 1. The highest BCUT2D eigenvalue weighted by atomic mass is 35.5. The van der Waals surface area contributed by atoms with Gasteiger partial charge in [0.25, 0.3) is 5.56 Å². The zero-order valence-corrected chi connectivity index (χ0v) is 17.5. The molecule has 1 aromatic heterocycles. The van der Waals surface area contributed by atoms with E-state index < -0.39 is 17.3 Å². The third kappa shape index (κ3) is 3.61. The lowest BCUT2D eigenvalue weighted by molar-refractivity contribution is -0.124. The molecule has 4 rings (SSSR count). The van der Waals surface area contributed by atoms with Crippen LogP contribution in [-0.4, -0.2) is 28.2 Å². The molecule has 1 aliphatic carbocycles.